The molecule has 3 aliphatic heterocycles. The fraction of sp³-hybridized carbons (Fsp3) is 0.529. The van der Waals surface area contributed by atoms with Crippen LogP contribution in [0.5, 0.6) is 0 Å². The summed E-state index contributed by atoms with van der Waals surface area (Å²) in [7, 11) is -3.04. The van der Waals surface area contributed by atoms with Crippen LogP contribution in [0.4, 0.5) is 5.69 Å². The molecule has 24 heavy (non-hydrogen) atoms. The van der Waals surface area contributed by atoms with Gasteiger partial charge in [-0.2, -0.15) is 0 Å². The molecule has 0 saturated carbocycles. The van der Waals surface area contributed by atoms with Crippen molar-refractivity contribution in [3.63, 3.8) is 0 Å². The summed E-state index contributed by atoms with van der Waals surface area (Å²) in [6, 6.07) is 7.59. The number of carbonyl (C=O) groups is 2. The van der Waals surface area contributed by atoms with Crippen LogP contribution in [-0.2, 0) is 25.8 Å². The van der Waals surface area contributed by atoms with E-state index in [1.165, 1.54) is 0 Å². The second-order valence-corrected chi connectivity index (χ2v) is 9.10. The first-order chi connectivity index (χ1) is 11.4. The van der Waals surface area contributed by atoms with Gasteiger partial charge in [-0.3, -0.25) is 9.59 Å². The van der Waals surface area contributed by atoms with E-state index in [4.69, 9.17) is 0 Å². The molecule has 2 saturated heterocycles. The second-order valence-electron chi connectivity index (χ2n) is 6.87. The normalized spacial score (nSPS) is 28.4. The number of hydrogen-bond donors (Lipinski definition) is 0. The van der Waals surface area contributed by atoms with Crippen molar-refractivity contribution in [3.05, 3.63) is 29.8 Å². The van der Waals surface area contributed by atoms with Crippen molar-refractivity contribution in [1.82, 2.24) is 4.90 Å². The van der Waals surface area contributed by atoms with Crippen LogP contribution in [0.15, 0.2) is 24.3 Å². The largest absolute Gasteiger partial charge is 0.338 e. The molecule has 2 fully saturated rings. The second kappa shape index (κ2) is 5.58. The van der Waals surface area contributed by atoms with Gasteiger partial charge in [0.25, 0.3) is 0 Å². The smallest absolute Gasteiger partial charge is 0.232 e. The van der Waals surface area contributed by atoms with Crippen molar-refractivity contribution in [2.45, 2.75) is 25.3 Å². The van der Waals surface area contributed by atoms with Crippen LogP contribution in [-0.4, -0.2) is 55.8 Å². The average molecular weight is 348 g/mol. The summed E-state index contributed by atoms with van der Waals surface area (Å²) < 4.78 is 23.3. The Kier molecular flexibility index (Phi) is 3.63. The number of sulfone groups is 1. The summed E-state index contributed by atoms with van der Waals surface area (Å²) in [5, 5.41) is 0. The molecule has 0 unspecified atom stereocenters. The van der Waals surface area contributed by atoms with Crippen LogP contribution >= 0.6 is 0 Å². The molecule has 0 spiro atoms. The van der Waals surface area contributed by atoms with Crippen molar-refractivity contribution in [2.24, 2.45) is 5.92 Å². The number of nitrogens with zero attached hydrogens (tertiary/aromatic N) is 2. The molecule has 1 aromatic carbocycles. The average Bonchev–Trinajstić information content (AvgIpc) is 3.23. The Morgan fingerprint density at radius 2 is 2.00 bits per heavy atom. The Morgan fingerprint density at radius 3 is 2.75 bits per heavy atom. The van der Waals surface area contributed by atoms with Crippen LogP contribution in [0.1, 0.15) is 18.4 Å². The van der Waals surface area contributed by atoms with Gasteiger partial charge < -0.3 is 9.80 Å². The summed E-state index contributed by atoms with van der Waals surface area (Å²) in [5.41, 5.74) is 2.10. The minimum atomic E-state index is -3.04. The number of para-hydroxylation sites is 1. The lowest BCUT2D eigenvalue weighted by Crippen LogP contribution is -2.40. The van der Waals surface area contributed by atoms with Crippen molar-refractivity contribution in [2.75, 3.05) is 29.5 Å². The minimum absolute atomic E-state index is 0.0170. The lowest BCUT2D eigenvalue weighted by molar-refractivity contribution is -0.129. The summed E-state index contributed by atoms with van der Waals surface area (Å²) >= 11 is 0. The molecule has 2 atom stereocenters. The number of anilines is 1. The molecule has 1 aromatic rings. The van der Waals surface area contributed by atoms with E-state index in [0.29, 0.717) is 19.5 Å². The third-order valence-corrected chi connectivity index (χ3v) is 7.06. The van der Waals surface area contributed by atoms with E-state index >= 15 is 0 Å². The maximum absolute atomic E-state index is 12.9. The summed E-state index contributed by atoms with van der Waals surface area (Å²) in [5.74, 6) is -0.308. The van der Waals surface area contributed by atoms with Crippen LogP contribution in [0.25, 0.3) is 0 Å². The molecular weight excluding hydrogens is 328 g/mol. The molecule has 3 heterocycles. The first kappa shape index (κ1) is 15.6. The number of amides is 2. The predicted molar refractivity (Wildman–Crippen MR) is 89.4 cm³/mol. The Balaban J connectivity index is 1.49. The van der Waals surface area contributed by atoms with Crippen molar-refractivity contribution in [1.29, 1.82) is 0 Å². The lowest BCUT2D eigenvalue weighted by atomic mass is 10.1. The molecule has 3 aliphatic rings. The maximum atomic E-state index is 12.9. The molecule has 0 bridgehead atoms. The molecule has 128 valence electrons. The van der Waals surface area contributed by atoms with Crippen molar-refractivity contribution < 1.29 is 18.0 Å². The zero-order valence-electron chi connectivity index (χ0n) is 13.3. The fourth-order valence-electron chi connectivity index (χ4n) is 4.06. The van der Waals surface area contributed by atoms with Gasteiger partial charge in [0.1, 0.15) is 0 Å². The quantitative estimate of drug-likeness (QED) is 0.785. The van der Waals surface area contributed by atoms with Crippen LogP contribution < -0.4 is 4.90 Å². The third-order valence-electron chi connectivity index (χ3n) is 5.31. The summed E-state index contributed by atoms with van der Waals surface area (Å²) in [4.78, 5) is 28.6. The topological polar surface area (TPSA) is 74.8 Å². The monoisotopic (exact) mass is 348 g/mol. The molecule has 4 rings (SSSR count). The Bertz CT molecular complexity index is 805. The molecule has 2 amide bonds. The van der Waals surface area contributed by atoms with Crippen LogP contribution in [0.3, 0.4) is 0 Å². The van der Waals surface area contributed by atoms with Gasteiger partial charge in [0.05, 0.1) is 17.4 Å². The minimum Gasteiger partial charge on any atom is -0.338 e. The molecule has 0 aliphatic carbocycles. The Labute approximate surface area is 141 Å². The van der Waals surface area contributed by atoms with Gasteiger partial charge in [-0.25, -0.2) is 8.42 Å². The van der Waals surface area contributed by atoms with Gasteiger partial charge >= 0.3 is 0 Å². The van der Waals surface area contributed by atoms with Gasteiger partial charge in [0.15, 0.2) is 9.84 Å². The van der Waals surface area contributed by atoms with Gasteiger partial charge in [0, 0.05) is 31.2 Å². The third kappa shape index (κ3) is 2.60. The SMILES string of the molecule is O=C([C@@H]1CC(=O)N([C@@H]2CCS(=O)(=O)C2)C1)N1CCc2ccccc21. The molecular formula is C17H20N2O4S. The van der Waals surface area contributed by atoms with E-state index in [1.54, 1.807) is 9.80 Å². The standard InChI is InChI=1S/C17H20N2O4S/c20-16-9-13(10-19(16)14-6-8-24(22,23)11-14)17(21)18-7-5-12-3-1-2-4-15(12)18/h1-4,13-14H,5-11H2/t13-,14-/m1/s1. The predicted octanol–water partition coefficient (Wildman–Crippen LogP) is 0.611. The Hall–Kier alpha value is -1.89. The highest BCUT2D eigenvalue weighted by molar-refractivity contribution is 7.91. The van der Waals surface area contributed by atoms with Crippen molar-refractivity contribution in [3.8, 4) is 0 Å². The number of fused-ring (bicyclic) bond motifs is 1. The highest BCUT2D eigenvalue weighted by Gasteiger charge is 2.43. The highest BCUT2D eigenvalue weighted by atomic mass is 32.2. The molecule has 0 aromatic heterocycles. The summed E-state index contributed by atoms with van der Waals surface area (Å²) in [6.07, 6.45) is 1.52. The summed E-state index contributed by atoms with van der Waals surface area (Å²) in [6.45, 7) is 0.997. The van der Waals surface area contributed by atoms with Gasteiger partial charge in [0.2, 0.25) is 11.8 Å². The zero-order chi connectivity index (χ0) is 16.9. The van der Waals surface area contributed by atoms with Gasteiger partial charge in [-0.1, -0.05) is 18.2 Å². The van der Waals surface area contributed by atoms with E-state index in [1.807, 2.05) is 24.3 Å². The van der Waals surface area contributed by atoms with Crippen LogP contribution in [0, 0.1) is 5.92 Å². The first-order valence-electron chi connectivity index (χ1n) is 8.34. The van der Waals surface area contributed by atoms with E-state index in [2.05, 4.69) is 0 Å². The fourth-order valence-corrected chi connectivity index (χ4v) is 5.79. The first-order valence-corrected chi connectivity index (χ1v) is 10.2. The number of hydrogen-bond acceptors (Lipinski definition) is 4. The van der Waals surface area contributed by atoms with Crippen LogP contribution in [0.2, 0.25) is 0 Å². The number of benzene rings is 1. The van der Waals surface area contributed by atoms with Gasteiger partial charge in [-0.15, -0.1) is 0 Å². The molecule has 0 radical (unpaired) electrons. The number of rotatable bonds is 2. The van der Waals surface area contributed by atoms with Gasteiger partial charge in [-0.05, 0) is 24.5 Å². The lowest BCUT2D eigenvalue weighted by Gasteiger charge is -2.24. The Morgan fingerprint density at radius 1 is 1.21 bits per heavy atom. The van der Waals surface area contributed by atoms with Crippen molar-refractivity contribution >= 4 is 27.3 Å². The number of carbonyl (C=O) groups excluding carboxylic acids is 2. The zero-order valence-corrected chi connectivity index (χ0v) is 14.2. The van der Waals surface area contributed by atoms with E-state index in [-0.39, 0.29) is 41.7 Å². The number of likely N-dealkylation sites (tertiary alicyclic amines) is 1. The molecule has 6 nitrogen and oxygen atoms in total. The maximum Gasteiger partial charge on any atom is 0.232 e. The molecule has 0 N–H and O–H groups in total. The highest BCUT2D eigenvalue weighted by Crippen LogP contribution is 2.32. The van der Waals surface area contributed by atoms with E-state index in [9.17, 15) is 18.0 Å². The van der Waals surface area contributed by atoms with E-state index < -0.39 is 9.84 Å². The van der Waals surface area contributed by atoms with E-state index in [0.717, 1.165) is 17.7 Å². The molecule has 7 heteroatoms.